The number of aryl methyl sites for hydroxylation is 1. The molecular formula is C21H18BrN5O. The molecule has 0 bridgehead atoms. The SMILES string of the molecule is Cc1ccc(-c2cc(C(=O)Nc3cnn(Cc4ccc(Br)cc4)c3)[nH]n2)cc1. The monoisotopic (exact) mass is 435 g/mol. The number of hydrogen-bond acceptors (Lipinski definition) is 3. The Hall–Kier alpha value is -3.19. The standard InChI is InChI=1S/C21H18BrN5O/c1-14-2-6-16(7-3-14)19-10-20(26-25-19)21(28)24-18-11-23-27(13-18)12-15-4-8-17(22)9-5-15/h2-11,13H,12H2,1H3,(H,24,28)(H,25,26). The molecule has 0 radical (unpaired) electrons. The van der Waals surface area contributed by atoms with Crippen LogP contribution in [-0.2, 0) is 6.54 Å². The van der Waals surface area contributed by atoms with Gasteiger partial charge in [0, 0.05) is 16.2 Å². The number of nitrogens with one attached hydrogen (secondary N) is 2. The Balaban J connectivity index is 1.42. The van der Waals surface area contributed by atoms with Crippen molar-refractivity contribution in [2.45, 2.75) is 13.5 Å². The zero-order chi connectivity index (χ0) is 19.5. The van der Waals surface area contributed by atoms with Gasteiger partial charge in [0.25, 0.3) is 5.91 Å². The van der Waals surface area contributed by atoms with Crippen LogP contribution >= 0.6 is 15.9 Å². The van der Waals surface area contributed by atoms with Crippen LogP contribution in [0, 0.1) is 6.92 Å². The van der Waals surface area contributed by atoms with Crippen molar-refractivity contribution in [1.82, 2.24) is 20.0 Å². The van der Waals surface area contributed by atoms with E-state index in [1.807, 2.05) is 55.5 Å². The average Bonchev–Trinajstić information content (AvgIpc) is 3.34. The van der Waals surface area contributed by atoms with Crippen molar-refractivity contribution in [2.75, 3.05) is 5.32 Å². The zero-order valence-corrected chi connectivity index (χ0v) is 16.8. The summed E-state index contributed by atoms with van der Waals surface area (Å²) in [5.41, 5.74) is 5.03. The van der Waals surface area contributed by atoms with Crippen LogP contribution < -0.4 is 5.32 Å². The van der Waals surface area contributed by atoms with Crippen molar-refractivity contribution in [3.05, 3.63) is 88.3 Å². The molecular weight excluding hydrogens is 418 g/mol. The number of anilines is 1. The highest BCUT2D eigenvalue weighted by Crippen LogP contribution is 2.19. The highest BCUT2D eigenvalue weighted by molar-refractivity contribution is 9.10. The number of halogens is 1. The van der Waals surface area contributed by atoms with E-state index in [-0.39, 0.29) is 5.91 Å². The van der Waals surface area contributed by atoms with Gasteiger partial charge in [0.05, 0.1) is 24.1 Å². The van der Waals surface area contributed by atoms with Gasteiger partial charge in [-0.15, -0.1) is 0 Å². The molecule has 0 atom stereocenters. The normalized spacial score (nSPS) is 10.8. The summed E-state index contributed by atoms with van der Waals surface area (Å²) < 4.78 is 2.82. The molecule has 6 nitrogen and oxygen atoms in total. The van der Waals surface area contributed by atoms with Crippen molar-refractivity contribution in [1.29, 1.82) is 0 Å². The van der Waals surface area contributed by atoms with Crippen LogP contribution in [0.5, 0.6) is 0 Å². The van der Waals surface area contributed by atoms with Crippen LogP contribution in [-0.4, -0.2) is 25.9 Å². The van der Waals surface area contributed by atoms with Gasteiger partial charge in [-0.25, -0.2) is 0 Å². The first-order valence-corrected chi connectivity index (χ1v) is 9.57. The van der Waals surface area contributed by atoms with Crippen LogP contribution in [0.15, 0.2) is 71.5 Å². The van der Waals surface area contributed by atoms with Crippen LogP contribution in [0.4, 0.5) is 5.69 Å². The predicted molar refractivity (Wildman–Crippen MR) is 112 cm³/mol. The third-order valence-electron chi connectivity index (χ3n) is 4.32. The van der Waals surface area contributed by atoms with Crippen LogP contribution in [0.2, 0.25) is 0 Å². The lowest BCUT2D eigenvalue weighted by Gasteiger charge is -2.02. The second-order valence-corrected chi connectivity index (χ2v) is 7.46. The van der Waals surface area contributed by atoms with E-state index in [9.17, 15) is 4.79 Å². The van der Waals surface area contributed by atoms with E-state index in [4.69, 9.17) is 0 Å². The molecule has 0 aliphatic heterocycles. The molecule has 0 aliphatic rings. The molecule has 2 N–H and O–H groups in total. The summed E-state index contributed by atoms with van der Waals surface area (Å²) in [6.45, 7) is 2.66. The molecule has 7 heteroatoms. The number of aromatic amines is 1. The summed E-state index contributed by atoms with van der Waals surface area (Å²) in [6, 6.07) is 17.8. The molecule has 0 saturated carbocycles. The lowest BCUT2D eigenvalue weighted by molar-refractivity contribution is 0.102. The number of benzene rings is 2. The Kier molecular flexibility index (Phi) is 5.08. The number of rotatable bonds is 5. The Bertz CT molecular complexity index is 1100. The molecule has 0 spiro atoms. The van der Waals surface area contributed by atoms with Gasteiger partial charge in [0.15, 0.2) is 0 Å². The lowest BCUT2D eigenvalue weighted by atomic mass is 10.1. The van der Waals surface area contributed by atoms with Gasteiger partial charge >= 0.3 is 0 Å². The Morgan fingerprint density at radius 1 is 1.14 bits per heavy atom. The Labute approximate surface area is 170 Å². The van der Waals surface area contributed by atoms with Gasteiger partial charge in [-0.05, 0) is 30.7 Å². The zero-order valence-electron chi connectivity index (χ0n) is 15.2. The summed E-state index contributed by atoms with van der Waals surface area (Å²) >= 11 is 3.43. The van der Waals surface area contributed by atoms with E-state index in [2.05, 4.69) is 36.5 Å². The highest BCUT2D eigenvalue weighted by atomic mass is 79.9. The molecule has 2 heterocycles. The molecule has 1 amide bonds. The molecule has 140 valence electrons. The highest BCUT2D eigenvalue weighted by Gasteiger charge is 2.12. The second-order valence-electron chi connectivity index (χ2n) is 6.54. The number of H-pyrrole nitrogens is 1. The first-order valence-electron chi connectivity index (χ1n) is 8.77. The van der Waals surface area contributed by atoms with E-state index in [1.54, 1.807) is 23.1 Å². The van der Waals surface area contributed by atoms with Gasteiger partial charge in [-0.3, -0.25) is 14.6 Å². The molecule has 0 aliphatic carbocycles. The van der Waals surface area contributed by atoms with Gasteiger partial charge in [0.1, 0.15) is 5.69 Å². The van der Waals surface area contributed by atoms with Crippen LogP contribution in [0.25, 0.3) is 11.3 Å². The van der Waals surface area contributed by atoms with Crippen molar-refractivity contribution in [3.8, 4) is 11.3 Å². The fourth-order valence-electron chi connectivity index (χ4n) is 2.80. The maximum atomic E-state index is 12.5. The molecule has 4 aromatic rings. The van der Waals surface area contributed by atoms with Gasteiger partial charge < -0.3 is 5.32 Å². The van der Waals surface area contributed by atoms with E-state index in [0.717, 1.165) is 21.3 Å². The van der Waals surface area contributed by atoms with Crippen LogP contribution in [0.3, 0.4) is 0 Å². The number of amides is 1. The summed E-state index contributed by atoms with van der Waals surface area (Å²) in [6.07, 6.45) is 3.44. The minimum atomic E-state index is -0.256. The molecule has 2 aromatic heterocycles. The van der Waals surface area contributed by atoms with Crippen molar-refractivity contribution >= 4 is 27.5 Å². The van der Waals surface area contributed by atoms with Crippen molar-refractivity contribution in [2.24, 2.45) is 0 Å². The van der Waals surface area contributed by atoms with Crippen molar-refractivity contribution in [3.63, 3.8) is 0 Å². The van der Waals surface area contributed by atoms with Gasteiger partial charge in [-0.1, -0.05) is 57.9 Å². The number of carbonyl (C=O) groups is 1. The maximum Gasteiger partial charge on any atom is 0.273 e. The van der Waals surface area contributed by atoms with E-state index in [1.165, 1.54) is 5.56 Å². The second kappa shape index (κ2) is 7.82. The van der Waals surface area contributed by atoms with E-state index >= 15 is 0 Å². The fourth-order valence-corrected chi connectivity index (χ4v) is 3.06. The number of hydrogen-bond donors (Lipinski definition) is 2. The number of aromatic nitrogens is 4. The minimum absolute atomic E-state index is 0.256. The molecule has 28 heavy (non-hydrogen) atoms. The average molecular weight is 436 g/mol. The smallest absolute Gasteiger partial charge is 0.273 e. The Morgan fingerprint density at radius 2 is 1.89 bits per heavy atom. The summed E-state index contributed by atoms with van der Waals surface area (Å²) in [7, 11) is 0. The number of carbonyl (C=O) groups excluding carboxylic acids is 1. The molecule has 2 aromatic carbocycles. The first kappa shape index (κ1) is 18.2. The topological polar surface area (TPSA) is 75.6 Å². The van der Waals surface area contributed by atoms with E-state index in [0.29, 0.717) is 17.9 Å². The first-order chi connectivity index (χ1) is 13.6. The molecule has 0 saturated heterocycles. The summed E-state index contributed by atoms with van der Waals surface area (Å²) in [5, 5.41) is 14.2. The maximum absolute atomic E-state index is 12.5. The quantitative estimate of drug-likeness (QED) is 0.479. The molecule has 0 unspecified atom stereocenters. The fraction of sp³-hybridized carbons (Fsp3) is 0.0952. The third kappa shape index (κ3) is 4.20. The predicted octanol–water partition coefficient (Wildman–Crippen LogP) is 4.64. The van der Waals surface area contributed by atoms with Crippen LogP contribution in [0.1, 0.15) is 21.6 Å². The molecule has 4 rings (SSSR count). The van der Waals surface area contributed by atoms with E-state index < -0.39 is 0 Å². The lowest BCUT2D eigenvalue weighted by Crippen LogP contribution is -2.11. The summed E-state index contributed by atoms with van der Waals surface area (Å²) in [5.74, 6) is -0.256. The largest absolute Gasteiger partial charge is 0.318 e. The number of nitrogens with zero attached hydrogens (tertiary/aromatic N) is 3. The van der Waals surface area contributed by atoms with Gasteiger partial charge in [-0.2, -0.15) is 10.2 Å². The Morgan fingerprint density at radius 3 is 2.64 bits per heavy atom. The third-order valence-corrected chi connectivity index (χ3v) is 4.85. The van der Waals surface area contributed by atoms with Crippen molar-refractivity contribution < 1.29 is 4.79 Å². The molecule has 0 fully saturated rings. The summed E-state index contributed by atoms with van der Waals surface area (Å²) in [4.78, 5) is 12.5. The van der Waals surface area contributed by atoms with Gasteiger partial charge in [0.2, 0.25) is 0 Å². The minimum Gasteiger partial charge on any atom is -0.318 e.